The fourth-order valence-corrected chi connectivity index (χ4v) is 3.75. The molecule has 30 heavy (non-hydrogen) atoms. The third-order valence-corrected chi connectivity index (χ3v) is 5.24. The van der Waals surface area contributed by atoms with E-state index >= 15 is 0 Å². The molecule has 0 spiro atoms. The van der Waals surface area contributed by atoms with Crippen molar-refractivity contribution in [3.63, 3.8) is 0 Å². The normalized spacial score (nSPS) is 12.7. The molecule has 1 aromatic carbocycles. The number of benzene rings is 1. The summed E-state index contributed by atoms with van der Waals surface area (Å²) in [6.45, 7) is 5.64. The van der Waals surface area contributed by atoms with E-state index in [4.69, 9.17) is 4.74 Å². The van der Waals surface area contributed by atoms with Crippen LogP contribution in [0.15, 0.2) is 54.9 Å². The maximum absolute atomic E-state index is 13.2. The Balaban J connectivity index is 1.62. The summed E-state index contributed by atoms with van der Waals surface area (Å²) in [6, 6.07) is 13.4. The van der Waals surface area contributed by atoms with Crippen molar-refractivity contribution >= 4 is 22.5 Å². The number of fused-ring (bicyclic) bond motifs is 2. The molecule has 156 valence electrons. The zero-order chi connectivity index (χ0) is 21.1. The number of nitrogens with zero attached hydrogens (tertiary/aromatic N) is 4. The maximum Gasteiger partial charge on any atom is 0.251 e. The highest BCUT2D eigenvalue weighted by Crippen LogP contribution is 2.23. The minimum Gasteiger partial charge on any atom is -0.383 e. The number of ether oxygens (including phenoxy) is 1. The number of methoxy groups -OCH3 is 1. The zero-order valence-electron chi connectivity index (χ0n) is 17.6. The molecule has 1 amide bonds. The van der Waals surface area contributed by atoms with Gasteiger partial charge in [-0.15, -0.1) is 10.2 Å². The number of amides is 1. The number of carbonyl (C=O) groups excluding carboxylic acids is 1. The van der Waals surface area contributed by atoms with Crippen molar-refractivity contribution in [3.8, 4) is 0 Å². The number of rotatable bonds is 8. The van der Waals surface area contributed by atoms with Gasteiger partial charge >= 0.3 is 0 Å². The molecule has 3 heterocycles. The smallest absolute Gasteiger partial charge is 0.251 e. The average molecular weight is 406 g/mol. The number of hydrogen-bond acceptors (Lipinski definition) is 4. The van der Waals surface area contributed by atoms with Crippen molar-refractivity contribution in [2.24, 2.45) is 5.92 Å². The Morgan fingerprint density at radius 3 is 2.80 bits per heavy atom. The largest absolute Gasteiger partial charge is 0.383 e. The van der Waals surface area contributed by atoms with Crippen LogP contribution in [0.25, 0.3) is 16.6 Å². The van der Waals surface area contributed by atoms with Gasteiger partial charge in [0.05, 0.1) is 12.6 Å². The molecule has 1 atom stereocenters. The molecule has 4 rings (SSSR count). The molecule has 3 aromatic heterocycles. The Hall–Kier alpha value is -3.19. The fraction of sp³-hybridized carbons (Fsp3) is 0.348. The van der Waals surface area contributed by atoms with Gasteiger partial charge in [0.15, 0.2) is 11.5 Å². The van der Waals surface area contributed by atoms with Gasteiger partial charge in [-0.2, -0.15) is 0 Å². The monoisotopic (exact) mass is 405 g/mol. The van der Waals surface area contributed by atoms with E-state index in [1.165, 1.54) is 0 Å². The summed E-state index contributed by atoms with van der Waals surface area (Å²) >= 11 is 0. The van der Waals surface area contributed by atoms with E-state index in [9.17, 15) is 4.79 Å². The minimum atomic E-state index is -0.231. The molecule has 0 bridgehead atoms. The molecule has 0 saturated heterocycles. The fourth-order valence-electron chi connectivity index (χ4n) is 3.75. The Kier molecular flexibility index (Phi) is 5.81. The Bertz CT molecular complexity index is 1160. The summed E-state index contributed by atoms with van der Waals surface area (Å²) in [4.78, 5) is 13.2. The third kappa shape index (κ3) is 4.07. The van der Waals surface area contributed by atoms with E-state index in [2.05, 4.69) is 40.0 Å². The van der Waals surface area contributed by atoms with Gasteiger partial charge in [-0.25, -0.2) is 0 Å². The maximum atomic E-state index is 13.2. The highest BCUT2D eigenvalue weighted by molar-refractivity contribution is 5.98. The SMILES string of the molecule is COCCn1ccc2ccc(C(=O)N[C@@H](CC(C)C)c3nnc4ccccn34)cc21. The first-order chi connectivity index (χ1) is 14.6. The lowest BCUT2D eigenvalue weighted by molar-refractivity contribution is 0.0929. The van der Waals surface area contributed by atoms with E-state index in [0.29, 0.717) is 18.1 Å². The lowest BCUT2D eigenvalue weighted by Gasteiger charge is -2.19. The van der Waals surface area contributed by atoms with Gasteiger partial charge in [0.1, 0.15) is 0 Å². The number of nitrogens with one attached hydrogen (secondary N) is 1. The van der Waals surface area contributed by atoms with Crippen LogP contribution >= 0.6 is 0 Å². The molecule has 7 heteroatoms. The van der Waals surface area contributed by atoms with Crippen molar-refractivity contribution < 1.29 is 9.53 Å². The van der Waals surface area contributed by atoms with Crippen LogP contribution < -0.4 is 5.32 Å². The summed E-state index contributed by atoms with van der Waals surface area (Å²) in [7, 11) is 1.69. The van der Waals surface area contributed by atoms with E-state index < -0.39 is 0 Å². The average Bonchev–Trinajstić information content (AvgIpc) is 3.35. The van der Waals surface area contributed by atoms with Crippen LogP contribution in [-0.4, -0.2) is 38.8 Å². The van der Waals surface area contributed by atoms with Gasteiger partial charge in [-0.3, -0.25) is 9.20 Å². The lowest BCUT2D eigenvalue weighted by atomic mass is 10.0. The van der Waals surface area contributed by atoms with E-state index in [1.807, 2.05) is 53.2 Å². The molecule has 0 unspecified atom stereocenters. The molecule has 0 aliphatic rings. The third-order valence-electron chi connectivity index (χ3n) is 5.24. The van der Waals surface area contributed by atoms with Crippen LogP contribution in [-0.2, 0) is 11.3 Å². The number of hydrogen-bond donors (Lipinski definition) is 1. The number of carbonyl (C=O) groups is 1. The van der Waals surface area contributed by atoms with Gasteiger partial charge in [0.25, 0.3) is 5.91 Å². The second-order valence-electron chi connectivity index (χ2n) is 7.92. The Morgan fingerprint density at radius 2 is 2.00 bits per heavy atom. The van der Waals surface area contributed by atoms with E-state index in [0.717, 1.165) is 35.3 Å². The predicted molar refractivity (Wildman–Crippen MR) is 116 cm³/mol. The molecule has 0 saturated carbocycles. The second-order valence-corrected chi connectivity index (χ2v) is 7.92. The summed E-state index contributed by atoms with van der Waals surface area (Å²) < 4.78 is 9.23. The van der Waals surface area contributed by atoms with Gasteiger partial charge in [0.2, 0.25) is 0 Å². The van der Waals surface area contributed by atoms with E-state index in [1.54, 1.807) is 7.11 Å². The molecule has 4 aromatic rings. The van der Waals surface area contributed by atoms with Gasteiger partial charge in [-0.05, 0) is 48.1 Å². The van der Waals surface area contributed by atoms with Crippen LogP contribution in [0.2, 0.25) is 0 Å². The van der Waals surface area contributed by atoms with Crippen molar-refractivity contribution in [2.75, 3.05) is 13.7 Å². The summed E-state index contributed by atoms with van der Waals surface area (Å²) in [5.41, 5.74) is 2.42. The second kappa shape index (κ2) is 8.67. The summed E-state index contributed by atoms with van der Waals surface area (Å²) in [6.07, 6.45) is 4.72. The molecule has 0 aliphatic heterocycles. The van der Waals surface area contributed by atoms with Gasteiger partial charge in [-0.1, -0.05) is 26.0 Å². The minimum absolute atomic E-state index is 0.116. The lowest BCUT2D eigenvalue weighted by Crippen LogP contribution is -2.31. The van der Waals surface area contributed by atoms with Crippen LogP contribution in [0.4, 0.5) is 0 Å². The number of pyridine rings is 1. The standard InChI is InChI=1S/C23H27N5O2/c1-16(2)14-19(22-26-25-21-6-4-5-10-28(21)22)24-23(29)18-8-7-17-9-11-27(12-13-30-3)20(17)15-18/h4-11,15-16,19H,12-14H2,1-3H3,(H,24,29)/t19-/m0/s1. The highest BCUT2D eigenvalue weighted by atomic mass is 16.5. The van der Waals surface area contributed by atoms with Crippen LogP contribution in [0.1, 0.15) is 42.5 Å². The number of aromatic nitrogens is 4. The molecule has 0 radical (unpaired) electrons. The van der Waals surface area contributed by atoms with Crippen molar-refractivity contribution in [1.29, 1.82) is 0 Å². The first-order valence-corrected chi connectivity index (χ1v) is 10.2. The zero-order valence-corrected chi connectivity index (χ0v) is 17.6. The van der Waals surface area contributed by atoms with Gasteiger partial charge < -0.3 is 14.6 Å². The van der Waals surface area contributed by atoms with E-state index in [-0.39, 0.29) is 11.9 Å². The topological polar surface area (TPSA) is 73.4 Å². The van der Waals surface area contributed by atoms with Crippen LogP contribution in [0.3, 0.4) is 0 Å². The highest BCUT2D eigenvalue weighted by Gasteiger charge is 2.22. The quantitative estimate of drug-likeness (QED) is 0.483. The molecule has 0 aliphatic carbocycles. The first kappa shape index (κ1) is 20.1. The Labute approximate surface area is 175 Å². The Morgan fingerprint density at radius 1 is 1.13 bits per heavy atom. The predicted octanol–water partition coefficient (Wildman–Crippen LogP) is 3.85. The van der Waals surface area contributed by atoms with Crippen LogP contribution in [0.5, 0.6) is 0 Å². The summed E-state index contributed by atoms with van der Waals surface area (Å²) in [5.74, 6) is 1.02. The summed E-state index contributed by atoms with van der Waals surface area (Å²) in [5, 5.41) is 12.9. The molecule has 1 N–H and O–H groups in total. The molecule has 7 nitrogen and oxygen atoms in total. The van der Waals surface area contributed by atoms with Crippen LogP contribution in [0, 0.1) is 5.92 Å². The van der Waals surface area contributed by atoms with Crippen molar-refractivity contribution in [3.05, 3.63) is 66.2 Å². The van der Waals surface area contributed by atoms with Crippen molar-refractivity contribution in [1.82, 2.24) is 24.5 Å². The van der Waals surface area contributed by atoms with Gasteiger partial charge in [0, 0.05) is 37.1 Å². The molecular formula is C23H27N5O2. The molecule has 0 fully saturated rings. The molecular weight excluding hydrogens is 378 g/mol. The van der Waals surface area contributed by atoms with Crippen molar-refractivity contribution in [2.45, 2.75) is 32.9 Å². The first-order valence-electron chi connectivity index (χ1n) is 10.2.